The minimum atomic E-state index is -6.93. The van der Waals surface area contributed by atoms with E-state index in [1.807, 2.05) is 60.7 Å². The van der Waals surface area contributed by atoms with Crippen molar-refractivity contribution in [3.8, 4) is 45.6 Å². The summed E-state index contributed by atoms with van der Waals surface area (Å²) in [7, 11) is -6.93. The van der Waals surface area contributed by atoms with Gasteiger partial charge in [0, 0.05) is 0 Å². The molecule has 0 radical (unpaired) electrons. The van der Waals surface area contributed by atoms with Crippen molar-refractivity contribution in [1.29, 1.82) is 0 Å². The van der Waals surface area contributed by atoms with Crippen molar-refractivity contribution in [3.63, 3.8) is 0 Å². The first-order valence-corrected chi connectivity index (χ1v) is 18.8. The van der Waals surface area contributed by atoms with Gasteiger partial charge in [0.2, 0.25) is 0 Å². The Morgan fingerprint density at radius 3 is 1.00 bits per heavy atom. The van der Waals surface area contributed by atoms with Gasteiger partial charge in [-0.1, -0.05) is 0 Å². The Kier molecular flexibility index (Phi) is 6.18. The Hall–Kier alpha value is -2.61. The third-order valence-electron chi connectivity index (χ3n) is 8.08. The van der Waals surface area contributed by atoms with Crippen molar-refractivity contribution in [3.05, 3.63) is 113 Å². The molecule has 0 amide bonds. The normalized spacial score (nSPS) is 18.4. The van der Waals surface area contributed by atoms with Gasteiger partial charge >= 0.3 is 307 Å². The SMILES string of the molecule is Clc1c(Cl)c(Cl)c2c(c1Cl)O[P-]13(Oc4ccc5ccccc5c4-c4c(ccc5ccccc45)O1)(O2)Oc1c(Cl)c(Cl)c(Cl)c(Cl)c1O3. The van der Waals surface area contributed by atoms with Crippen LogP contribution in [0.3, 0.4) is 0 Å². The second-order valence-electron chi connectivity index (χ2n) is 10.8. The number of halogens is 8. The quantitative estimate of drug-likeness (QED) is 0.0866. The summed E-state index contributed by atoms with van der Waals surface area (Å²) in [5, 5.41) is 2.08. The van der Waals surface area contributed by atoms with Gasteiger partial charge in [0.1, 0.15) is 0 Å². The summed E-state index contributed by atoms with van der Waals surface area (Å²) >= 11 is 52.8. The molecule has 0 atom stereocenters. The molecule has 0 N–H and O–H groups in total. The summed E-state index contributed by atoms with van der Waals surface area (Å²) in [6.07, 6.45) is 0. The van der Waals surface area contributed by atoms with Gasteiger partial charge in [-0.25, -0.2) is 0 Å². The molecule has 0 aliphatic carbocycles. The Morgan fingerprint density at radius 1 is 0.340 bits per heavy atom. The molecule has 3 aliphatic heterocycles. The number of fused-ring (bicyclic) bond motifs is 9. The molecular formula is C32H12Cl8O6P-. The molecule has 0 bridgehead atoms. The Labute approximate surface area is 305 Å². The standard InChI is InChI=1S/C32H12Cl8O6P/c33-21-22(34)26(38)30-29(25(21)37)43-47(44-30,45-31-27(39)23(35)24(36)28(40)32(31)46-47)41-17-11-9-13-5-1-3-7-15(13)19(17)20-16-8-4-2-6-14(16)10-12-18(20)42-47/h1-12H/q-1. The monoisotopic (exact) mass is 803 g/mol. The zero-order chi connectivity index (χ0) is 32.7. The summed E-state index contributed by atoms with van der Waals surface area (Å²) in [5.41, 5.74) is 1.22. The molecule has 15 heteroatoms. The molecular weight excluding hydrogens is 795 g/mol. The van der Waals surface area contributed by atoms with Crippen LogP contribution in [0.2, 0.25) is 40.2 Å². The van der Waals surface area contributed by atoms with Gasteiger partial charge in [-0.05, 0) is 0 Å². The Morgan fingerprint density at radius 2 is 0.660 bits per heavy atom. The number of benzene rings is 6. The second kappa shape index (κ2) is 9.54. The van der Waals surface area contributed by atoms with Crippen LogP contribution in [-0.4, -0.2) is 0 Å². The van der Waals surface area contributed by atoms with Crippen molar-refractivity contribution in [2.75, 3.05) is 0 Å². The molecule has 1 spiro atoms. The molecule has 0 saturated heterocycles. The molecule has 6 nitrogen and oxygen atoms in total. The van der Waals surface area contributed by atoms with Crippen LogP contribution in [0.15, 0.2) is 72.8 Å². The maximum absolute atomic E-state index is 6.94. The summed E-state index contributed by atoms with van der Waals surface area (Å²) < 4.78 is 40.6. The molecule has 3 heterocycles. The Balaban J connectivity index is 1.47. The van der Waals surface area contributed by atoms with E-state index in [1.165, 1.54) is 0 Å². The van der Waals surface area contributed by atoms with E-state index < -0.39 is 7.31 Å². The molecule has 47 heavy (non-hydrogen) atoms. The van der Waals surface area contributed by atoms with Crippen LogP contribution < -0.4 is 27.1 Å². The zero-order valence-electron chi connectivity index (χ0n) is 22.8. The van der Waals surface area contributed by atoms with Gasteiger partial charge < -0.3 is 0 Å². The second-order valence-corrected chi connectivity index (χ2v) is 17.2. The average molecular weight is 807 g/mol. The van der Waals surface area contributed by atoms with Gasteiger partial charge in [0.05, 0.1) is 0 Å². The molecule has 6 aromatic carbocycles. The van der Waals surface area contributed by atoms with Crippen LogP contribution >= 0.6 is 100 Å². The van der Waals surface area contributed by atoms with Gasteiger partial charge in [0.25, 0.3) is 0 Å². The van der Waals surface area contributed by atoms with Crippen molar-refractivity contribution in [1.82, 2.24) is 0 Å². The predicted octanol–water partition coefficient (Wildman–Crippen LogP) is 14.2. The van der Waals surface area contributed by atoms with Crippen LogP contribution in [0, 0.1) is 0 Å². The van der Waals surface area contributed by atoms with Gasteiger partial charge in [0.15, 0.2) is 0 Å². The van der Waals surface area contributed by atoms with Gasteiger partial charge in [-0.3, -0.25) is 0 Å². The van der Waals surface area contributed by atoms with E-state index in [1.54, 1.807) is 12.1 Å². The molecule has 3 aliphatic rings. The minimum absolute atomic E-state index is 0.137. The molecule has 9 rings (SSSR count). The fourth-order valence-corrected chi connectivity index (χ4v) is 12.0. The summed E-state index contributed by atoms with van der Waals surface area (Å²) in [4.78, 5) is 0. The Bertz CT molecular complexity index is 2230. The number of hydrogen-bond acceptors (Lipinski definition) is 6. The molecule has 0 aromatic heterocycles. The van der Waals surface area contributed by atoms with E-state index >= 15 is 0 Å². The van der Waals surface area contributed by atoms with E-state index in [2.05, 4.69) is 0 Å². The van der Waals surface area contributed by atoms with Crippen molar-refractivity contribution in [2.24, 2.45) is 0 Å². The topological polar surface area (TPSA) is 55.4 Å². The van der Waals surface area contributed by atoms with E-state index in [4.69, 9.17) is 120 Å². The third kappa shape index (κ3) is 3.83. The number of rotatable bonds is 0. The van der Waals surface area contributed by atoms with Crippen molar-refractivity contribution >= 4 is 122 Å². The average Bonchev–Trinajstić information content (AvgIpc) is 3.52. The van der Waals surface area contributed by atoms with Crippen molar-refractivity contribution < 1.29 is 27.1 Å². The molecule has 0 fully saturated rings. The molecule has 0 saturated carbocycles. The third-order valence-corrected chi connectivity index (χ3v) is 15.0. The first-order chi connectivity index (χ1) is 22.4. The fraction of sp³-hybridized carbons (Fsp3) is 0. The maximum atomic E-state index is 6.94. The first kappa shape index (κ1) is 30.4. The van der Waals surface area contributed by atoms with E-state index in [9.17, 15) is 0 Å². The van der Waals surface area contributed by atoms with Crippen LogP contribution in [0.5, 0.6) is 34.5 Å². The van der Waals surface area contributed by atoms with Crippen LogP contribution in [-0.2, 0) is 0 Å². The summed E-state index contributed by atoms with van der Waals surface area (Å²) in [6.45, 7) is 0. The molecule has 6 aromatic rings. The van der Waals surface area contributed by atoms with E-state index in [0.29, 0.717) is 11.1 Å². The summed E-state index contributed by atoms with van der Waals surface area (Å²) in [6, 6.07) is 22.6. The van der Waals surface area contributed by atoms with Gasteiger partial charge in [-0.2, -0.15) is 0 Å². The zero-order valence-corrected chi connectivity index (χ0v) is 29.8. The summed E-state index contributed by atoms with van der Waals surface area (Å²) in [5.74, 6) is -0.639. The van der Waals surface area contributed by atoms with Crippen LogP contribution in [0.4, 0.5) is 0 Å². The van der Waals surface area contributed by atoms with Gasteiger partial charge in [-0.15, -0.1) is 0 Å². The fourth-order valence-electron chi connectivity index (χ4n) is 6.11. The first-order valence-electron chi connectivity index (χ1n) is 13.6. The molecule has 238 valence electrons. The van der Waals surface area contributed by atoms with E-state index in [-0.39, 0.29) is 74.7 Å². The van der Waals surface area contributed by atoms with Crippen molar-refractivity contribution in [2.45, 2.75) is 0 Å². The van der Waals surface area contributed by atoms with E-state index in [0.717, 1.165) is 21.5 Å². The van der Waals surface area contributed by atoms with Crippen LogP contribution in [0.25, 0.3) is 32.7 Å². The predicted molar refractivity (Wildman–Crippen MR) is 191 cm³/mol. The number of hydrogen-bond donors (Lipinski definition) is 0. The molecule has 0 unspecified atom stereocenters. The van der Waals surface area contributed by atoms with Crippen LogP contribution in [0.1, 0.15) is 0 Å².